The van der Waals surface area contributed by atoms with Crippen LogP contribution in [0.5, 0.6) is 0 Å². The predicted molar refractivity (Wildman–Crippen MR) is 57.7 cm³/mol. The fourth-order valence-electron chi connectivity index (χ4n) is 1.73. The molecule has 1 aliphatic rings. The second-order valence-electron chi connectivity index (χ2n) is 3.37. The van der Waals surface area contributed by atoms with Gasteiger partial charge in [0.25, 0.3) is 0 Å². The number of benzene rings is 1. The molecule has 0 spiro atoms. The zero-order chi connectivity index (χ0) is 10.8. The Hall–Kier alpha value is -1.20. The Balaban J connectivity index is 2.33. The van der Waals surface area contributed by atoms with E-state index in [0.29, 0.717) is 5.06 Å². The molecule has 0 fully saturated rings. The minimum Gasteiger partial charge on any atom is -0.350 e. The van der Waals surface area contributed by atoms with Crippen LogP contribution in [-0.2, 0) is 0 Å². The lowest BCUT2D eigenvalue weighted by atomic mass is 10.0. The number of urea groups is 1. The summed E-state index contributed by atoms with van der Waals surface area (Å²) in [4.78, 5) is 12.0. The number of carbonyl (C=O) groups excluding carboxylic acids is 1. The van der Waals surface area contributed by atoms with Crippen molar-refractivity contribution in [3.63, 3.8) is 0 Å². The summed E-state index contributed by atoms with van der Waals surface area (Å²) in [5, 5.41) is 10.2. The maximum absolute atomic E-state index is 10.9. The van der Waals surface area contributed by atoms with Crippen LogP contribution in [0.4, 0.5) is 4.79 Å². The minimum absolute atomic E-state index is 0.306. The first-order chi connectivity index (χ1) is 7.20. The maximum atomic E-state index is 10.9. The highest BCUT2D eigenvalue weighted by Gasteiger charge is 2.27. The molecule has 80 valence electrons. The van der Waals surface area contributed by atoms with Crippen LogP contribution in [0.2, 0.25) is 0 Å². The van der Waals surface area contributed by atoms with Gasteiger partial charge in [-0.1, -0.05) is 18.2 Å². The van der Waals surface area contributed by atoms with Gasteiger partial charge in [0.05, 0.1) is 6.04 Å². The van der Waals surface area contributed by atoms with E-state index < -0.39 is 6.03 Å². The largest absolute Gasteiger partial charge is 0.350 e. The quantitative estimate of drug-likeness (QED) is 0.566. The van der Waals surface area contributed by atoms with Crippen LogP contribution < -0.4 is 5.73 Å². The first-order valence-electron chi connectivity index (χ1n) is 4.69. The van der Waals surface area contributed by atoms with Gasteiger partial charge in [0, 0.05) is 10.6 Å². The van der Waals surface area contributed by atoms with E-state index in [2.05, 4.69) is 0 Å². The van der Waals surface area contributed by atoms with E-state index in [9.17, 15) is 10.0 Å². The predicted octanol–water partition coefficient (Wildman–Crippen LogP) is 1.99. The number of thioether (sulfide) groups is 1. The summed E-state index contributed by atoms with van der Waals surface area (Å²) in [5.41, 5.74) is 6.02. The summed E-state index contributed by atoms with van der Waals surface area (Å²) >= 11 is 1.73. The van der Waals surface area contributed by atoms with Gasteiger partial charge in [0.15, 0.2) is 0 Å². The molecule has 1 atom stereocenters. The fourth-order valence-corrected chi connectivity index (χ4v) is 2.84. The number of rotatable bonds is 1. The number of amides is 2. The van der Waals surface area contributed by atoms with Crippen molar-refractivity contribution in [1.82, 2.24) is 5.06 Å². The number of primary amides is 1. The second-order valence-corrected chi connectivity index (χ2v) is 4.51. The van der Waals surface area contributed by atoms with Crippen molar-refractivity contribution in [3.05, 3.63) is 29.8 Å². The zero-order valence-electron chi connectivity index (χ0n) is 8.09. The normalized spacial score (nSPS) is 19.4. The highest BCUT2D eigenvalue weighted by molar-refractivity contribution is 7.99. The molecule has 1 aliphatic heterocycles. The van der Waals surface area contributed by atoms with Crippen molar-refractivity contribution in [3.8, 4) is 0 Å². The molecule has 1 aromatic carbocycles. The fraction of sp³-hybridized carbons (Fsp3) is 0.300. The molecule has 0 aromatic heterocycles. The van der Waals surface area contributed by atoms with E-state index in [1.807, 2.05) is 24.3 Å². The van der Waals surface area contributed by atoms with Crippen LogP contribution >= 0.6 is 11.8 Å². The molecule has 2 amide bonds. The van der Waals surface area contributed by atoms with Gasteiger partial charge < -0.3 is 5.73 Å². The Bertz CT molecular complexity index is 383. The van der Waals surface area contributed by atoms with E-state index in [0.717, 1.165) is 22.6 Å². The monoisotopic (exact) mass is 224 g/mol. The van der Waals surface area contributed by atoms with E-state index in [-0.39, 0.29) is 6.04 Å². The third-order valence-electron chi connectivity index (χ3n) is 2.45. The van der Waals surface area contributed by atoms with E-state index in [1.165, 1.54) is 0 Å². The van der Waals surface area contributed by atoms with Gasteiger partial charge in [-0.25, -0.2) is 4.79 Å². The molecule has 0 saturated heterocycles. The third-order valence-corrected chi connectivity index (χ3v) is 3.57. The van der Waals surface area contributed by atoms with Gasteiger partial charge in [-0.15, -0.1) is 11.8 Å². The summed E-state index contributed by atoms with van der Waals surface area (Å²) in [6.07, 6.45) is 0.723. The zero-order valence-corrected chi connectivity index (χ0v) is 8.91. The highest BCUT2D eigenvalue weighted by Crippen LogP contribution is 2.38. The lowest BCUT2D eigenvalue weighted by Crippen LogP contribution is -2.37. The lowest BCUT2D eigenvalue weighted by molar-refractivity contribution is -0.0783. The number of fused-ring (bicyclic) bond motifs is 1. The average molecular weight is 224 g/mol. The van der Waals surface area contributed by atoms with Gasteiger partial charge in [0.2, 0.25) is 0 Å². The summed E-state index contributed by atoms with van der Waals surface area (Å²) in [5.74, 6) is 0.881. The van der Waals surface area contributed by atoms with E-state index in [4.69, 9.17) is 5.73 Å². The van der Waals surface area contributed by atoms with Gasteiger partial charge in [-0.2, -0.15) is 5.06 Å². The molecule has 15 heavy (non-hydrogen) atoms. The number of hydrogen-bond donors (Lipinski definition) is 2. The molecule has 1 aromatic rings. The molecule has 1 unspecified atom stereocenters. The van der Waals surface area contributed by atoms with Crippen LogP contribution in [0.1, 0.15) is 18.0 Å². The van der Waals surface area contributed by atoms with Crippen molar-refractivity contribution < 1.29 is 10.0 Å². The molecule has 4 nitrogen and oxygen atoms in total. The van der Waals surface area contributed by atoms with Crippen molar-refractivity contribution in [2.75, 3.05) is 5.75 Å². The minimum atomic E-state index is -0.804. The first kappa shape index (κ1) is 10.3. The summed E-state index contributed by atoms with van der Waals surface area (Å²) in [6.45, 7) is 0. The smallest absolute Gasteiger partial charge is 0.339 e. The average Bonchev–Trinajstić information content (AvgIpc) is 2.27. The van der Waals surface area contributed by atoms with E-state index >= 15 is 0 Å². The van der Waals surface area contributed by atoms with Gasteiger partial charge in [-0.3, -0.25) is 5.21 Å². The maximum Gasteiger partial charge on any atom is 0.339 e. The van der Waals surface area contributed by atoms with Crippen LogP contribution in [0.25, 0.3) is 0 Å². The number of hydroxylamine groups is 2. The molecular weight excluding hydrogens is 212 g/mol. The molecule has 1 heterocycles. The number of nitrogens with zero attached hydrogens (tertiary/aromatic N) is 1. The lowest BCUT2D eigenvalue weighted by Gasteiger charge is -2.29. The van der Waals surface area contributed by atoms with Crippen molar-refractivity contribution in [2.24, 2.45) is 5.73 Å². The van der Waals surface area contributed by atoms with Gasteiger partial charge in [0.1, 0.15) is 0 Å². The Morgan fingerprint density at radius 1 is 1.53 bits per heavy atom. The Morgan fingerprint density at radius 3 is 3.00 bits per heavy atom. The molecule has 0 saturated carbocycles. The Kier molecular flexibility index (Phi) is 2.83. The van der Waals surface area contributed by atoms with Crippen LogP contribution in [0.15, 0.2) is 29.2 Å². The third kappa shape index (κ3) is 1.93. The summed E-state index contributed by atoms with van der Waals surface area (Å²) in [7, 11) is 0. The second kappa shape index (κ2) is 4.12. The van der Waals surface area contributed by atoms with E-state index in [1.54, 1.807) is 11.8 Å². The topological polar surface area (TPSA) is 66.6 Å². The van der Waals surface area contributed by atoms with Crippen LogP contribution in [0.3, 0.4) is 0 Å². The number of nitrogens with two attached hydrogens (primary N) is 1. The van der Waals surface area contributed by atoms with Crippen LogP contribution in [0, 0.1) is 0 Å². The number of carbonyl (C=O) groups is 1. The van der Waals surface area contributed by atoms with Crippen LogP contribution in [-0.4, -0.2) is 22.1 Å². The van der Waals surface area contributed by atoms with Crippen molar-refractivity contribution in [1.29, 1.82) is 0 Å². The molecule has 3 N–H and O–H groups in total. The molecule has 2 rings (SSSR count). The molecule has 5 heteroatoms. The Labute approximate surface area is 92.0 Å². The Morgan fingerprint density at radius 2 is 2.27 bits per heavy atom. The summed E-state index contributed by atoms with van der Waals surface area (Å²) in [6, 6.07) is 6.63. The molecule has 0 bridgehead atoms. The van der Waals surface area contributed by atoms with Crippen molar-refractivity contribution >= 4 is 17.8 Å². The molecular formula is C10H12N2O2S. The molecule has 0 radical (unpaired) electrons. The first-order valence-corrected chi connectivity index (χ1v) is 5.68. The molecule has 0 aliphatic carbocycles. The summed E-state index contributed by atoms with van der Waals surface area (Å²) < 4.78 is 0. The SMILES string of the molecule is NC(=O)N(O)C1CCSc2ccccc21. The van der Waals surface area contributed by atoms with Gasteiger partial charge in [-0.05, 0) is 18.1 Å². The van der Waals surface area contributed by atoms with Gasteiger partial charge >= 0.3 is 6.03 Å². The standard InChI is InChI=1S/C10H12N2O2S/c11-10(13)12(14)8-5-6-15-9-4-2-1-3-7(8)9/h1-4,8,14H,5-6H2,(H2,11,13). The number of hydrogen-bond acceptors (Lipinski definition) is 3. The highest BCUT2D eigenvalue weighted by atomic mass is 32.2. The van der Waals surface area contributed by atoms with Crippen molar-refractivity contribution in [2.45, 2.75) is 17.4 Å².